The quantitative estimate of drug-likeness (QED) is 0.654. The lowest BCUT2D eigenvalue weighted by molar-refractivity contribution is -0.0302. The fraction of sp³-hybridized carbons (Fsp3) is 0.692. The molecule has 2 saturated carbocycles. The molecule has 1 unspecified atom stereocenters. The average Bonchev–Trinajstić information content (AvgIpc) is 2.86. The molecule has 0 amide bonds. The SMILES string of the molecule is O=c1ccn([C@@H]2C[C@@H](O)C3(CCC[C@@H]3O)C2)c(=O)[nH]1. The Morgan fingerprint density at radius 2 is 2.11 bits per heavy atom. The Kier molecular flexibility index (Phi) is 2.87. The van der Waals surface area contributed by atoms with Crippen molar-refractivity contribution in [2.24, 2.45) is 5.41 Å². The molecule has 0 aliphatic heterocycles. The molecular formula is C13H18N2O4. The summed E-state index contributed by atoms with van der Waals surface area (Å²) < 4.78 is 1.46. The van der Waals surface area contributed by atoms with E-state index in [0.717, 1.165) is 12.8 Å². The number of aliphatic hydroxyl groups is 2. The van der Waals surface area contributed by atoms with Crippen LogP contribution in [0, 0.1) is 5.41 Å². The normalized spacial score (nSPS) is 38.1. The zero-order valence-corrected chi connectivity index (χ0v) is 10.6. The average molecular weight is 266 g/mol. The fourth-order valence-corrected chi connectivity index (χ4v) is 3.78. The van der Waals surface area contributed by atoms with Crippen molar-refractivity contribution in [3.8, 4) is 0 Å². The largest absolute Gasteiger partial charge is 0.392 e. The molecule has 1 aromatic rings. The van der Waals surface area contributed by atoms with Crippen LogP contribution in [-0.4, -0.2) is 32.0 Å². The summed E-state index contributed by atoms with van der Waals surface area (Å²) in [5, 5.41) is 20.4. The van der Waals surface area contributed by atoms with Gasteiger partial charge in [0, 0.05) is 23.7 Å². The highest BCUT2D eigenvalue weighted by atomic mass is 16.3. The lowest BCUT2D eigenvalue weighted by Gasteiger charge is -2.31. The predicted octanol–water partition coefficient (Wildman–Crippen LogP) is -0.236. The zero-order valence-electron chi connectivity index (χ0n) is 10.6. The first-order valence-electron chi connectivity index (χ1n) is 6.70. The smallest absolute Gasteiger partial charge is 0.328 e. The Bertz CT molecular complexity index is 593. The van der Waals surface area contributed by atoms with E-state index >= 15 is 0 Å². The van der Waals surface area contributed by atoms with Crippen LogP contribution >= 0.6 is 0 Å². The molecule has 104 valence electrons. The van der Waals surface area contributed by atoms with Gasteiger partial charge in [-0.2, -0.15) is 0 Å². The summed E-state index contributed by atoms with van der Waals surface area (Å²) in [7, 11) is 0. The summed E-state index contributed by atoms with van der Waals surface area (Å²) in [6, 6.07) is 1.15. The Balaban J connectivity index is 1.93. The topological polar surface area (TPSA) is 95.3 Å². The maximum absolute atomic E-state index is 11.8. The summed E-state index contributed by atoms with van der Waals surface area (Å²) in [4.78, 5) is 25.1. The Labute approximate surface area is 109 Å². The van der Waals surface area contributed by atoms with Crippen molar-refractivity contribution < 1.29 is 10.2 Å². The molecule has 2 aliphatic carbocycles. The van der Waals surface area contributed by atoms with E-state index in [1.165, 1.54) is 16.8 Å². The first kappa shape index (κ1) is 12.6. The molecule has 4 atom stereocenters. The van der Waals surface area contributed by atoms with Gasteiger partial charge in [-0.05, 0) is 25.7 Å². The Hall–Kier alpha value is -1.40. The van der Waals surface area contributed by atoms with Gasteiger partial charge in [0.05, 0.1) is 12.2 Å². The van der Waals surface area contributed by atoms with E-state index in [4.69, 9.17) is 0 Å². The van der Waals surface area contributed by atoms with Crippen LogP contribution in [0.25, 0.3) is 0 Å². The second-order valence-electron chi connectivity index (χ2n) is 5.77. The second-order valence-corrected chi connectivity index (χ2v) is 5.77. The summed E-state index contributed by atoms with van der Waals surface area (Å²) in [5.74, 6) is 0. The standard InChI is InChI=1S/C13H18N2O4/c16-9-2-1-4-13(9)7-8(6-10(13)17)15-5-3-11(18)14-12(15)19/h3,5,8-10,16-17H,1-2,4,6-7H2,(H,14,18,19)/t8-,9+,10-,13?/m1/s1. The molecule has 1 heterocycles. The molecule has 3 N–H and O–H groups in total. The molecular weight excluding hydrogens is 248 g/mol. The maximum atomic E-state index is 11.8. The number of rotatable bonds is 1. The number of nitrogens with zero attached hydrogens (tertiary/aromatic N) is 1. The molecule has 0 radical (unpaired) electrons. The molecule has 0 saturated heterocycles. The minimum Gasteiger partial charge on any atom is -0.392 e. The molecule has 19 heavy (non-hydrogen) atoms. The molecule has 2 fully saturated rings. The highest BCUT2D eigenvalue weighted by molar-refractivity contribution is 5.05. The van der Waals surface area contributed by atoms with Crippen LogP contribution in [0.2, 0.25) is 0 Å². The molecule has 3 rings (SSSR count). The first-order chi connectivity index (χ1) is 9.03. The van der Waals surface area contributed by atoms with Crippen molar-refractivity contribution in [3.05, 3.63) is 33.1 Å². The van der Waals surface area contributed by atoms with Crippen molar-refractivity contribution in [2.75, 3.05) is 0 Å². The Morgan fingerprint density at radius 3 is 2.74 bits per heavy atom. The summed E-state index contributed by atoms with van der Waals surface area (Å²) in [6.07, 6.45) is 3.84. The molecule has 1 spiro atoms. The molecule has 0 bridgehead atoms. The summed E-state index contributed by atoms with van der Waals surface area (Å²) >= 11 is 0. The van der Waals surface area contributed by atoms with Gasteiger partial charge in [-0.3, -0.25) is 14.3 Å². The number of aromatic nitrogens is 2. The maximum Gasteiger partial charge on any atom is 0.328 e. The van der Waals surface area contributed by atoms with Crippen LogP contribution in [-0.2, 0) is 0 Å². The third-order valence-corrected chi connectivity index (χ3v) is 4.80. The van der Waals surface area contributed by atoms with Gasteiger partial charge in [-0.1, -0.05) is 6.42 Å². The number of H-pyrrole nitrogens is 1. The second kappa shape index (κ2) is 4.31. The van der Waals surface area contributed by atoms with Crippen molar-refractivity contribution >= 4 is 0 Å². The van der Waals surface area contributed by atoms with Gasteiger partial charge in [0.25, 0.3) is 5.56 Å². The summed E-state index contributed by atoms with van der Waals surface area (Å²) in [6.45, 7) is 0. The number of hydrogen-bond acceptors (Lipinski definition) is 4. The number of aromatic amines is 1. The first-order valence-corrected chi connectivity index (χ1v) is 6.70. The minimum atomic E-state index is -0.589. The van der Waals surface area contributed by atoms with E-state index in [1.807, 2.05) is 0 Å². The van der Waals surface area contributed by atoms with E-state index in [9.17, 15) is 19.8 Å². The number of nitrogens with one attached hydrogen (secondary N) is 1. The number of hydrogen-bond donors (Lipinski definition) is 3. The molecule has 2 aliphatic rings. The molecule has 1 aromatic heterocycles. The van der Waals surface area contributed by atoms with Gasteiger partial charge in [-0.15, -0.1) is 0 Å². The van der Waals surface area contributed by atoms with Crippen LogP contribution in [0.3, 0.4) is 0 Å². The van der Waals surface area contributed by atoms with Gasteiger partial charge in [-0.25, -0.2) is 4.79 Å². The van der Waals surface area contributed by atoms with Crippen molar-refractivity contribution in [3.63, 3.8) is 0 Å². The van der Waals surface area contributed by atoms with E-state index < -0.39 is 28.9 Å². The molecule has 6 heteroatoms. The van der Waals surface area contributed by atoms with Gasteiger partial charge in [0.2, 0.25) is 0 Å². The predicted molar refractivity (Wildman–Crippen MR) is 67.9 cm³/mol. The molecule has 6 nitrogen and oxygen atoms in total. The Morgan fingerprint density at radius 1 is 1.32 bits per heavy atom. The van der Waals surface area contributed by atoms with Gasteiger partial charge in [0.15, 0.2) is 0 Å². The third kappa shape index (κ3) is 1.86. The van der Waals surface area contributed by atoms with Gasteiger partial charge < -0.3 is 10.2 Å². The van der Waals surface area contributed by atoms with Crippen molar-refractivity contribution in [1.29, 1.82) is 0 Å². The van der Waals surface area contributed by atoms with Crippen LogP contribution in [0.15, 0.2) is 21.9 Å². The highest BCUT2D eigenvalue weighted by Gasteiger charge is 2.53. The lowest BCUT2D eigenvalue weighted by atomic mass is 9.80. The van der Waals surface area contributed by atoms with E-state index in [2.05, 4.69) is 4.98 Å². The highest BCUT2D eigenvalue weighted by Crippen LogP contribution is 2.53. The van der Waals surface area contributed by atoms with E-state index in [0.29, 0.717) is 19.3 Å². The van der Waals surface area contributed by atoms with Crippen LogP contribution in [0.5, 0.6) is 0 Å². The van der Waals surface area contributed by atoms with Crippen LogP contribution in [0.4, 0.5) is 0 Å². The van der Waals surface area contributed by atoms with Crippen molar-refractivity contribution in [2.45, 2.75) is 50.4 Å². The van der Waals surface area contributed by atoms with Gasteiger partial charge >= 0.3 is 5.69 Å². The monoisotopic (exact) mass is 266 g/mol. The van der Waals surface area contributed by atoms with Gasteiger partial charge in [0.1, 0.15) is 0 Å². The van der Waals surface area contributed by atoms with Crippen LogP contribution < -0.4 is 11.2 Å². The van der Waals surface area contributed by atoms with E-state index in [1.54, 1.807) is 0 Å². The third-order valence-electron chi connectivity index (χ3n) is 4.80. The number of aliphatic hydroxyl groups excluding tert-OH is 2. The lowest BCUT2D eigenvalue weighted by Crippen LogP contribution is -2.37. The fourth-order valence-electron chi connectivity index (χ4n) is 3.78. The van der Waals surface area contributed by atoms with E-state index in [-0.39, 0.29) is 6.04 Å². The van der Waals surface area contributed by atoms with Crippen molar-refractivity contribution in [1.82, 2.24) is 9.55 Å². The van der Waals surface area contributed by atoms with Crippen LogP contribution in [0.1, 0.15) is 38.1 Å². The minimum absolute atomic E-state index is 0.160. The summed E-state index contributed by atoms with van der Waals surface area (Å²) in [5.41, 5.74) is -1.34. The zero-order chi connectivity index (χ0) is 13.6. The molecule has 0 aromatic carbocycles.